The van der Waals surface area contributed by atoms with Crippen molar-refractivity contribution in [3.63, 3.8) is 0 Å². The molecule has 0 amide bonds. The molecular weight excluding hydrogens is 272 g/mol. The molecule has 8 heteroatoms. The molecule has 1 heterocycles. The Morgan fingerprint density at radius 3 is 2.11 bits per heavy atom. The maximum absolute atomic E-state index is 13.5. The molecule has 0 bridgehead atoms. The van der Waals surface area contributed by atoms with Gasteiger partial charge in [-0.3, -0.25) is 4.79 Å². The van der Waals surface area contributed by atoms with Gasteiger partial charge in [-0.15, -0.1) is 0 Å². The fraction of sp³-hybridized carbons (Fsp3) is 0.0909. The zero-order chi connectivity index (χ0) is 14.5. The standard InChI is InChI=1S/C11H4F4O4/c1-2(16)3-9(17)4-5(12)6(13)7(14)8(15)10(4)19-11(3)18/h17H,1H3. The van der Waals surface area contributed by atoms with E-state index in [1.54, 1.807) is 0 Å². The number of aromatic hydroxyl groups is 1. The molecule has 0 unspecified atom stereocenters. The van der Waals surface area contributed by atoms with Crippen molar-refractivity contribution in [1.82, 2.24) is 0 Å². The largest absolute Gasteiger partial charge is 0.506 e. The average molecular weight is 276 g/mol. The van der Waals surface area contributed by atoms with Crippen molar-refractivity contribution in [1.29, 1.82) is 0 Å². The Morgan fingerprint density at radius 2 is 1.58 bits per heavy atom. The van der Waals surface area contributed by atoms with Crippen molar-refractivity contribution in [2.24, 2.45) is 0 Å². The first-order valence-electron chi connectivity index (χ1n) is 4.80. The summed E-state index contributed by atoms with van der Waals surface area (Å²) < 4.78 is 57.0. The molecule has 2 aromatic rings. The van der Waals surface area contributed by atoms with Gasteiger partial charge in [0.2, 0.25) is 11.6 Å². The second-order valence-electron chi connectivity index (χ2n) is 3.63. The zero-order valence-electron chi connectivity index (χ0n) is 9.18. The van der Waals surface area contributed by atoms with Gasteiger partial charge in [-0.1, -0.05) is 0 Å². The highest BCUT2D eigenvalue weighted by Gasteiger charge is 2.28. The molecule has 0 radical (unpaired) electrons. The molecule has 100 valence electrons. The molecule has 0 spiro atoms. The monoisotopic (exact) mass is 276 g/mol. The van der Waals surface area contributed by atoms with Crippen LogP contribution in [0.5, 0.6) is 5.75 Å². The number of benzene rings is 1. The van der Waals surface area contributed by atoms with Crippen LogP contribution in [0.1, 0.15) is 17.3 Å². The summed E-state index contributed by atoms with van der Waals surface area (Å²) in [5.41, 5.74) is -3.76. The molecule has 4 nitrogen and oxygen atoms in total. The lowest BCUT2D eigenvalue weighted by Crippen LogP contribution is -2.13. The Labute approximate surface area is 101 Å². The van der Waals surface area contributed by atoms with E-state index in [4.69, 9.17) is 0 Å². The summed E-state index contributed by atoms with van der Waals surface area (Å²) in [5.74, 6) is -10.6. The van der Waals surface area contributed by atoms with E-state index in [0.29, 0.717) is 0 Å². The number of rotatable bonds is 1. The summed E-state index contributed by atoms with van der Waals surface area (Å²) in [6, 6.07) is 0. The van der Waals surface area contributed by atoms with E-state index >= 15 is 0 Å². The lowest BCUT2D eigenvalue weighted by molar-refractivity contribution is 0.101. The van der Waals surface area contributed by atoms with Crippen LogP contribution in [0.15, 0.2) is 9.21 Å². The van der Waals surface area contributed by atoms with Crippen molar-refractivity contribution in [2.75, 3.05) is 0 Å². The average Bonchev–Trinajstić information content (AvgIpc) is 2.32. The Hall–Kier alpha value is -2.38. The molecule has 0 fully saturated rings. The lowest BCUT2D eigenvalue weighted by atomic mass is 10.1. The van der Waals surface area contributed by atoms with Crippen molar-refractivity contribution >= 4 is 16.8 Å². The van der Waals surface area contributed by atoms with E-state index < -0.39 is 57.0 Å². The molecule has 0 atom stereocenters. The van der Waals surface area contributed by atoms with E-state index in [1.807, 2.05) is 0 Å². The highest BCUT2D eigenvalue weighted by Crippen LogP contribution is 2.33. The predicted molar refractivity (Wildman–Crippen MR) is 54.0 cm³/mol. The van der Waals surface area contributed by atoms with Crippen molar-refractivity contribution in [3.05, 3.63) is 39.3 Å². The molecule has 0 aliphatic heterocycles. The minimum atomic E-state index is -2.19. The number of halogens is 4. The van der Waals surface area contributed by atoms with E-state index in [-0.39, 0.29) is 0 Å². The van der Waals surface area contributed by atoms with Crippen LogP contribution in [-0.4, -0.2) is 10.9 Å². The van der Waals surface area contributed by atoms with Crippen LogP contribution in [-0.2, 0) is 0 Å². The topological polar surface area (TPSA) is 67.5 Å². The molecule has 19 heavy (non-hydrogen) atoms. The van der Waals surface area contributed by atoms with Crippen LogP contribution in [0, 0.1) is 23.3 Å². The minimum Gasteiger partial charge on any atom is -0.506 e. The molecular formula is C11H4F4O4. The van der Waals surface area contributed by atoms with Crippen LogP contribution in [0.3, 0.4) is 0 Å². The zero-order valence-corrected chi connectivity index (χ0v) is 9.18. The van der Waals surface area contributed by atoms with Gasteiger partial charge in [0, 0.05) is 0 Å². The summed E-state index contributed by atoms with van der Waals surface area (Å²) in [4.78, 5) is 22.4. The van der Waals surface area contributed by atoms with Crippen molar-refractivity contribution < 1.29 is 31.9 Å². The third-order valence-corrected chi connectivity index (χ3v) is 2.45. The smallest absolute Gasteiger partial charge is 0.351 e. The quantitative estimate of drug-likeness (QED) is 0.285. The fourth-order valence-corrected chi connectivity index (χ4v) is 1.59. The predicted octanol–water partition coefficient (Wildman–Crippen LogP) is 2.26. The first kappa shape index (κ1) is 13.1. The SMILES string of the molecule is CC(=O)c1c(O)c2c(F)c(F)c(F)c(F)c2oc1=O. The first-order valence-corrected chi connectivity index (χ1v) is 4.80. The molecule has 1 N–H and O–H groups in total. The minimum absolute atomic E-state index is 0.853. The Morgan fingerprint density at radius 1 is 1.05 bits per heavy atom. The highest BCUT2D eigenvalue weighted by atomic mass is 19.2. The third kappa shape index (κ3) is 1.67. The molecule has 1 aromatic carbocycles. The van der Waals surface area contributed by atoms with Crippen molar-refractivity contribution in [2.45, 2.75) is 6.92 Å². The number of carbonyl (C=O) groups excluding carboxylic acids is 1. The first-order chi connectivity index (χ1) is 8.77. The van der Waals surface area contributed by atoms with Gasteiger partial charge in [-0.25, -0.2) is 18.0 Å². The molecule has 1 aromatic heterocycles. The molecule has 0 saturated heterocycles. The van der Waals surface area contributed by atoms with E-state index in [0.717, 1.165) is 6.92 Å². The van der Waals surface area contributed by atoms with Crippen LogP contribution >= 0.6 is 0 Å². The number of hydrogen-bond donors (Lipinski definition) is 1. The Balaban J connectivity index is 3.16. The van der Waals surface area contributed by atoms with Gasteiger partial charge in [0.15, 0.2) is 23.0 Å². The molecule has 0 aliphatic carbocycles. The van der Waals surface area contributed by atoms with Gasteiger partial charge in [0.1, 0.15) is 16.7 Å². The third-order valence-electron chi connectivity index (χ3n) is 2.45. The maximum atomic E-state index is 13.5. The second kappa shape index (κ2) is 4.08. The van der Waals surface area contributed by atoms with Gasteiger partial charge < -0.3 is 9.52 Å². The number of ketones is 1. The number of Topliss-reactive ketones (excluding diaryl/α,β-unsaturated/α-hetero) is 1. The van der Waals surface area contributed by atoms with Crippen LogP contribution in [0.25, 0.3) is 11.0 Å². The Bertz CT molecular complexity index is 779. The number of carbonyl (C=O) groups is 1. The summed E-state index contributed by atoms with van der Waals surface area (Å²) in [6.45, 7) is 0.853. The van der Waals surface area contributed by atoms with E-state index in [9.17, 15) is 32.3 Å². The van der Waals surface area contributed by atoms with Gasteiger partial charge >= 0.3 is 5.63 Å². The summed E-state index contributed by atoms with van der Waals surface area (Å²) in [7, 11) is 0. The van der Waals surface area contributed by atoms with E-state index in [2.05, 4.69) is 4.42 Å². The van der Waals surface area contributed by atoms with Crippen LogP contribution in [0.4, 0.5) is 17.6 Å². The number of fused-ring (bicyclic) bond motifs is 1. The summed E-state index contributed by atoms with van der Waals surface area (Å²) in [6.07, 6.45) is 0. The second-order valence-corrected chi connectivity index (χ2v) is 3.63. The molecule has 0 aliphatic rings. The lowest BCUT2D eigenvalue weighted by Gasteiger charge is -2.07. The number of hydrogen-bond acceptors (Lipinski definition) is 4. The summed E-state index contributed by atoms with van der Waals surface area (Å²) >= 11 is 0. The van der Waals surface area contributed by atoms with Crippen molar-refractivity contribution in [3.8, 4) is 5.75 Å². The Kier molecular flexibility index (Phi) is 2.80. The van der Waals surface area contributed by atoms with Gasteiger partial charge in [0.05, 0.1) is 0 Å². The maximum Gasteiger partial charge on any atom is 0.351 e. The van der Waals surface area contributed by atoms with Crippen LogP contribution < -0.4 is 5.63 Å². The van der Waals surface area contributed by atoms with E-state index in [1.165, 1.54) is 0 Å². The normalized spacial score (nSPS) is 11.0. The molecule has 0 saturated carbocycles. The van der Waals surface area contributed by atoms with Gasteiger partial charge in [-0.05, 0) is 6.92 Å². The van der Waals surface area contributed by atoms with Gasteiger partial charge in [0.25, 0.3) is 0 Å². The van der Waals surface area contributed by atoms with Gasteiger partial charge in [-0.2, -0.15) is 4.39 Å². The fourth-order valence-electron chi connectivity index (χ4n) is 1.59. The van der Waals surface area contributed by atoms with Crippen LogP contribution in [0.2, 0.25) is 0 Å². The summed E-state index contributed by atoms with van der Waals surface area (Å²) in [5, 5.41) is 8.34. The highest BCUT2D eigenvalue weighted by molar-refractivity contribution is 6.01. The molecule has 2 rings (SSSR count).